The van der Waals surface area contributed by atoms with Gasteiger partial charge in [-0.2, -0.15) is 14.6 Å². The van der Waals surface area contributed by atoms with Gasteiger partial charge in [0, 0.05) is 40.0 Å². The number of fused-ring (bicyclic) bond motifs is 1. The molecule has 2 N–H and O–H groups in total. The van der Waals surface area contributed by atoms with E-state index in [0.717, 1.165) is 18.7 Å². The average Bonchev–Trinajstić information content (AvgIpc) is 3.64. The van der Waals surface area contributed by atoms with Crippen LogP contribution in [-0.2, 0) is 21.7 Å². The number of aryl methyl sites for hydroxylation is 1. The first-order chi connectivity index (χ1) is 17.7. The zero-order chi connectivity index (χ0) is 25.8. The number of aromatic nitrogens is 3. The van der Waals surface area contributed by atoms with Crippen LogP contribution in [-0.4, -0.2) is 50.2 Å². The van der Waals surface area contributed by atoms with Crippen LogP contribution >= 0.6 is 0 Å². The number of nitrogens with zero attached hydrogens (tertiary/aromatic N) is 6. The Labute approximate surface area is 217 Å². The minimum atomic E-state index is -2.35. The molecule has 3 aromatic rings. The first-order valence-corrected chi connectivity index (χ1v) is 14.9. The fourth-order valence-electron chi connectivity index (χ4n) is 5.84. The lowest BCUT2D eigenvalue weighted by molar-refractivity contribution is 0.179. The number of benzene rings is 1. The third-order valence-electron chi connectivity index (χ3n) is 7.58. The lowest BCUT2D eigenvalue weighted by Gasteiger charge is -2.43. The van der Waals surface area contributed by atoms with Crippen molar-refractivity contribution in [1.29, 1.82) is 5.26 Å². The Bertz CT molecular complexity index is 1560. The molecule has 0 radical (unpaired) electrons. The summed E-state index contributed by atoms with van der Waals surface area (Å²) >= 11 is 0. The number of pyridine rings is 1. The summed E-state index contributed by atoms with van der Waals surface area (Å²) in [4.78, 5) is 16.0. The summed E-state index contributed by atoms with van der Waals surface area (Å²) in [5, 5.41) is 16.1. The highest BCUT2D eigenvalue weighted by Crippen LogP contribution is 2.58. The number of rotatable bonds is 5. The number of likely N-dealkylation sites (N-methyl/N-ethyl adjacent to an activating group) is 1. The molecule has 10 heteroatoms. The molecule has 190 valence electrons. The molecule has 0 bridgehead atoms. The predicted molar refractivity (Wildman–Crippen MR) is 145 cm³/mol. The van der Waals surface area contributed by atoms with Crippen molar-refractivity contribution in [3.63, 3.8) is 0 Å². The van der Waals surface area contributed by atoms with Crippen molar-refractivity contribution in [1.82, 2.24) is 19.9 Å². The van der Waals surface area contributed by atoms with Crippen molar-refractivity contribution in [3.8, 4) is 6.07 Å². The largest absolute Gasteiger partial charge is 0.324 e. The van der Waals surface area contributed by atoms with Gasteiger partial charge < -0.3 is 10.6 Å². The first-order valence-electron chi connectivity index (χ1n) is 12.6. The van der Waals surface area contributed by atoms with E-state index in [1.807, 2.05) is 0 Å². The van der Waals surface area contributed by atoms with Crippen LogP contribution in [0, 0.1) is 11.3 Å². The fourth-order valence-corrected chi connectivity index (χ4v) is 6.40. The second-order valence-corrected chi connectivity index (χ2v) is 13.1. The molecule has 2 aromatic heterocycles. The van der Waals surface area contributed by atoms with E-state index in [0.29, 0.717) is 34.9 Å². The monoisotopic (exact) mass is 514 g/mol. The van der Waals surface area contributed by atoms with Gasteiger partial charge in [0.25, 0.3) is 0 Å². The summed E-state index contributed by atoms with van der Waals surface area (Å²) < 4.78 is 16.2. The van der Waals surface area contributed by atoms with Gasteiger partial charge in [-0.05, 0) is 86.0 Å². The molecule has 1 aromatic carbocycles. The van der Waals surface area contributed by atoms with Crippen LogP contribution in [0.4, 0.5) is 29.1 Å². The Kier molecular flexibility index (Phi) is 5.66. The van der Waals surface area contributed by atoms with Crippen LogP contribution in [0.25, 0.3) is 0 Å². The Balaban J connectivity index is 1.32. The number of hydrogen-bond donors (Lipinski definition) is 2. The van der Waals surface area contributed by atoms with E-state index in [4.69, 9.17) is 0 Å². The molecule has 0 amide bonds. The van der Waals surface area contributed by atoms with Crippen molar-refractivity contribution in [2.75, 3.05) is 36.7 Å². The van der Waals surface area contributed by atoms with E-state index in [1.165, 1.54) is 43.0 Å². The summed E-state index contributed by atoms with van der Waals surface area (Å²) in [6, 6.07) is 11.9. The standard InChI is InChI=1S/C27H30N8OS/c1-35-16-18-7-4-6-17-12-20(13-21(24(17)18)27(35)10-11-27)30-26-29-15-19(14-28)25(33-26)32-22-8-5-9-23(31-22)34-37(2,3)36/h5,8-9,12-13,15,18H,4,6-7,10-11,16H2,1-3H3,(H2,29,30,31,32,33). The van der Waals surface area contributed by atoms with Crippen LogP contribution < -0.4 is 10.6 Å². The van der Waals surface area contributed by atoms with E-state index in [-0.39, 0.29) is 5.54 Å². The highest BCUT2D eigenvalue weighted by Gasteiger charge is 2.53. The summed E-state index contributed by atoms with van der Waals surface area (Å²) in [7, 11) is -0.0809. The van der Waals surface area contributed by atoms with E-state index in [1.54, 1.807) is 36.3 Å². The van der Waals surface area contributed by atoms with Gasteiger partial charge in [-0.3, -0.25) is 4.90 Å². The minimum absolute atomic E-state index is 0.177. The SMILES string of the molecule is CN1CC2CCCc3cc(Nc4ncc(C#N)c(Nc5cccc(N=S(C)(C)=O)n5)n4)cc(c32)C12CC2. The van der Waals surface area contributed by atoms with Crippen molar-refractivity contribution in [2.45, 2.75) is 43.6 Å². The second-order valence-electron chi connectivity index (χ2n) is 10.6. The van der Waals surface area contributed by atoms with Gasteiger partial charge in [-0.15, -0.1) is 0 Å². The third kappa shape index (κ3) is 4.54. The summed E-state index contributed by atoms with van der Waals surface area (Å²) in [5.41, 5.74) is 5.94. The summed E-state index contributed by atoms with van der Waals surface area (Å²) in [6.07, 6.45) is 10.6. The molecule has 1 saturated carbocycles. The van der Waals surface area contributed by atoms with Gasteiger partial charge in [0.15, 0.2) is 11.6 Å². The lowest BCUT2D eigenvalue weighted by atomic mass is 9.74. The van der Waals surface area contributed by atoms with Crippen LogP contribution in [0.15, 0.2) is 40.9 Å². The molecule has 2 aliphatic carbocycles. The van der Waals surface area contributed by atoms with Gasteiger partial charge >= 0.3 is 0 Å². The average molecular weight is 515 g/mol. The van der Waals surface area contributed by atoms with E-state index in [2.05, 4.69) is 60.1 Å². The fraction of sp³-hybridized carbons (Fsp3) is 0.407. The van der Waals surface area contributed by atoms with Crippen molar-refractivity contribution in [3.05, 3.63) is 58.8 Å². The van der Waals surface area contributed by atoms with Gasteiger partial charge in [-0.25, -0.2) is 14.2 Å². The number of nitriles is 1. The Morgan fingerprint density at radius 2 is 2.05 bits per heavy atom. The maximum absolute atomic E-state index is 12.1. The molecular formula is C27H30N8OS. The first kappa shape index (κ1) is 23.8. The van der Waals surface area contributed by atoms with Gasteiger partial charge in [-0.1, -0.05) is 6.07 Å². The molecule has 1 atom stereocenters. The smallest absolute Gasteiger partial charge is 0.229 e. The van der Waals surface area contributed by atoms with Crippen LogP contribution in [0.3, 0.4) is 0 Å². The van der Waals surface area contributed by atoms with E-state index in [9.17, 15) is 9.47 Å². The lowest BCUT2D eigenvalue weighted by Crippen LogP contribution is -2.42. The Morgan fingerprint density at radius 1 is 1.22 bits per heavy atom. The summed E-state index contributed by atoms with van der Waals surface area (Å²) in [6.45, 7) is 1.15. The number of nitrogens with one attached hydrogen (secondary N) is 2. The van der Waals surface area contributed by atoms with Gasteiger partial charge in [0.2, 0.25) is 5.95 Å². The highest BCUT2D eigenvalue weighted by molar-refractivity contribution is 7.92. The molecule has 6 rings (SSSR count). The van der Waals surface area contributed by atoms with E-state index >= 15 is 0 Å². The van der Waals surface area contributed by atoms with Crippen molar-refractivity contribution < 1.29 is 4.21 Å². The molecule has 1 aliphatic heterocycles. The normalized spacial score (nSPS) is 19.6. The number of hydrogen-bond acceptors (Lipinski definition) is 9. The molecular weight excluding hydrogens is 484 g/mol. The van der Waals surface area contributed by atoms with Crippen LogP contribution in [0.1, 0.15) is 53.9 Å². The molecule has 1 unspecified atom stereocenters. The van der Waals surface area contributed by atoms with Crippen LogP contribution in [0.5, 0.6) is 0 Å². The Morgan fingerprint density at radius 3 is 2.81 bits per heavy atom. The molecule has 3 heterocycles. The molecule has 1 spiro atoms. The summed E-state index contributed by atoms with van der Waals surface area (Å²) in [5.74, 6) is 2.17. The molecule has 37 heavy (non-hydrogen) atoms. The number of anilines is 4. The third-order valence-corrected chi connectivity index (χ3v) is 8.21. The maximum Gasteiger partial charge on any atom is 0.229 e. The van der Waals surface area contributed by atoms with Crippen molar-refractivity contribution in [2.24, 2.45) is 4.36 Å². The minimum Gasteiger partial charge on any atom is -0.324 e. The molecule has 3 aliphatic rings. The maximum atomic E-state index is 12.1. The van der Waals surface area contributed by atoms with Crippen molar-refractivity contribution >= 4 is 38.8 Å². The molecule has 1 fully saturated rings. The van der Waals surface area contributed by atoms with Gasteiger partial charge in [0.1, 0.15) is 17.5 Å². The molecule has 9 nitrogen and oxygen atoms in total. The van der Waals surface area contributed by atoms with Crippen LogP contribution in [0.2, 0.25) is 0 Å². The highest BCUT2D eigenvalue weighted by atomic mass is 32.2. The Hall–Kier alpha value is -3.55. The zero-order valence-corrected chi connectivity index (χ0v) is 22.1. The quantitative estimate of drug-likeness (QED) is 0.491. The second kappa shape index (κ2) is 8.78. The molecule has 0 saturated heterocycles. The topological polar surface area (TPSA) is 119 Å². The van der Waals surface area contributed by atoms with Gasteiger partial charge in [0.05, 0.1) is 6.20 Å². The van der Waals surface area contributed by atoms with E-state index < -0.39 is 9.73 Å². The predicted octanol–water partition coefficient (Wildman–Crippen LogP) is 4.94. The zero-order valence-electron chi connectivity index (χ0n) is 21.3.